The molecule has 0 radical (unpaired) electrons. The largest absolute Gasteiger partial charge is 0.497 e. The Morgan fingerprint density at radius 2 is 1.75 bits per heavy atom. The number of aldehydes is 1. The second-order valence-corrected chi connectivity index (χ2v) is 16.3. The van der Waals surface area contributed by atoms with Crippen LogP contribution in [-0.2, 0) is 25.3 Å². The first-order chi connectivity index (χ1) is 14.8. The molecule has 0 amide bonds. The second-order valence-electron chi connectivity index (χ2n) is 11.6. The Morgan fingerprint density at radius 3 is 2.28 bits per heavy atom. The summed E-state index contributed by atoms with van der Waals surface area (Å²) >= 11 is 0. The number of hydrogen-bond donors (Lipinski definition) is 0. The molecule has 1 aliphatic rings. The van der Waals surface area contributed by atoms with Gasteiger partial charge in [-0.05, 0) is 54.1 Å². The van der Waals surface area contributed by atoms with Gasteiger partial charge in [-0.25, -0.2) is 0 Å². The van der Waals surface area contributed by atoms with Gasteiger partial charge < -0.3 is 23.4 Å². The summed E-state index contributed by atoms with van der Waals surface area (Å²) in [5.41, 5.74) is 0.866. The van der Waals surface area contributed by atoms with Crippen molar-refractivity contribution in [2.45, 2.75) is 97.8 Å². The Morgan fingerprint density at radius 1 is 1.12 bits per heavy atom. The second kappa shape index (κ2) is 10.4. The zero-order valence-electron chi connectivity index (χ0n) is 21.6. The number of methoxy groups -OCH3 is 1. The van der Waals surface area contributed by atoms with Crippen LogP contribution in [0.5, 0.6) is 5.75 Å². The van der Waals surface area contributed by atoms with Crippen LogP contribution in [0.3, 0.4) is 0 Å². The van der Waals surface area contributed by atoms with Crippen molar-refractivity contribution in [1.82, 2.24) is 0 Å². The van der Waals surface area contributed by atoms with Gasteiger partial charge in [0, 0.05) is 17.9 Å². The maximum atomic E-state index is 11.5. The summed E-state index contributed by atoms with van der Waals surface area (Å²) in [5.74, 6) is 0.821. The molecular weight excluding hydrogens is 420 g/mol. The highest BCUT2D eigenvalue weighted by atomic mass is 28.4. The van der Waals surface area contributed by atoms with Crippen molar-refractivity contribution < 1.29 is 23.4 Å². The summed E-state index contributed by atoms with van der Waals surface area (Å²) in [5, 5.41) is 0.171. The first-order valence-electron chi connectivity index (χ1n) is 11.7. The van der Waals surface area contributed by atoms with Crippen LogP contribution >= 0.6 is 0 Å². The van der Waals surface area contributed by atoms with Crippen molar-refractivity contribution in [3.05, 3.63) is 29.8 Å². The molecule has 0 aromatic heterocycles. The molecule has 0 bridgehead atoms. The maximum Gasteiger partial charge on any atom is 0.192 e. The summed E-state index contributed by atoms with van der Waals surface area (Å²) in [6.07, 6.45) is 3.17. The van der Waals surface area contributed by atoms with E-state index in [0.29, 0.717) is 13.0 Å². The van der Waals surface area contributed by atoms with Crippen LogP contribution in [0.25, 0.3) is 0 Å². The lowest BCUT2D eigenvalue weighted by Gasteiger charge is -2.43. The van der Waals surface area contributed by atoms with Gasteiger partial charge >= 0.3 is 0 Å². The summed E-state index contributed by atoms with van der Waals surface area (Å²) in [6.45, 7) is 18.9. The van der Waals surface area contributed by atoms with E-state index in [1.54, 1.807) is 7.11 Å². The third kappa shape index (κ3) is 6.22. The lowest BCUT2D eigenvalue weighted by Crippen LogP contribution is -2.44. The molecule has 0 N–H and O–H groups in total. The molecule has 32 heavy (non-hydrogen) atoms. The SMILES string of the molecule is COc1ccc(COCO[C@@H](CC=O)[C@]2(C)C[C@@H](O[Si](C)(C)C(C)(C)C)CC2(C)C)cc1. The molecule has 1 aromatic rings. The van der Waals surface area contributed by atoms with Crippen LogP contribution in [0.1, 0.15) is 66.4 Å². The van der Waals surface area contributed by atoms with Gasteiger partial charge in [-0.1, -0.05) is 53.7 Å². The van der Waals surface area contributed by atoms with Crippen molar-refractivity contribution in [2.24, 2.45) is 10.8 Å². The minimum atomic E-state index is -1.87. The lowest BCUT2D eigenvalue weighted by atomic mass is 9.65. The highest BCUT2D eigenvalue weighted by Crippen LogP contribution is 2.57. The van der Waals surface area contributed by atoms with Crippen LogP contribution in [-0.4, -0.2) is 40.7 Å². The fourth-order valence-electron chi connectivity index (χ4n) is 4.48. The van der Waals surface area contributed by atoms with E-state index in [4.69, 9.17) is 18.6 Å². The summed E-state index contributed by atoms with van der Waals surface area (Å²) in [7, 11) is -0.216. The minimum Gasteiger partial charge on any atom is -0.497 e. The number of ether oxygens (including phenoxy) is 3. The summed E-state index contributed by atoms with van der Waals surface area (Å²) in [4.78, 5) is 11.5. The van der Waals surface area contributed by atoms with Crippen LogP contribution in [0, 0.1) is 10.8 Å². The lowest BCUT2D eigenvalue weighted by molar-refractivity contribution is -0.155. The van der Waals surface area contributed by atoms with E-state index >= 15 is 0 Å². The monoisotopic (exact) mass is 464 g/mol. The van der Waals surface area contributed by atoms with Crippen molar-refractivity contribution >= 4 is 14.6 Å². The Hall–Kier alpha value is -1.21. The Bertz CT molecular complexity index is 738. The van der Waals surface area contributed by atoms with E-state index in [0.717, 1.165) is 30.4 Å². The fraction of sp³-hybridized carbons (Fsp3) is 0.731. The van der Waals surface area contributed by atoms with Gasteiger partial charge in [0.1, 0.15) is 18.8 Å². The van der Waals surface area contributed by atoms with Gasteiger partial charge in [-0.3, -0.25) is 0 Å². The molecule has 0 saturated heterocycles. The van der Waals surface area contributed by atoms with Gasteiger partial charge in [-0.15, -0.1) is 0 Å². The third-order valence-electron chi connectivity index (χ3n) is 8.00. The minimum absolute atomic E-state index is 0.0102. The molecule has 0 heterocycles. The van der Waals surface area contributed by atoms with E-state index < -0.39 is 8.32 Å². The van der Waals surface area contributed by atoms with Crippen molar-refractivity contribution in [3.63, 3.8) is 0 Å². The molecule has 0 aliphatic heterocycles. The molecule has 3 atom stereocenters. The average Bonchev–Trinajstić information content (AvgIpc) is 2.91. The molecule has 6 heteroatoms. The molecule has 1 aromatic carbocycles. The van der Waals surface area contributed by atoms with Gasteiger partial charge in [0.15, 0.2) is 8.32 Å². The van der Waals surface area contributed by atoms with E-state index in [1.807, 2.05) is 24.3 Å². The van der Waals surface area contributed by atoms with Gasteiger partial charge in [-0.2, -0.15) is 0 Å². The predicted octanol–water partition coefficient (Wildman–Crippen LogP) is 6.36. The smallest absolute Gasteiger partial charge is 0.192 e. The molecule has 1 saturated carbocycles. The average molecular weight is 465 g/mol. The molecule has 2 rings (SSSR count). The Balaban J connectivity index is 2.02. The predicted molar refractivity (Wildman–Crippen MR) is 131 cm³/mol. The highest BCUT2D eigenvalue weighted by Gasteiger charge is 2.56. The number of carbonyl (C=O) groups excluding carboxylic acids is 1. The Kier molecular flexibility index (Phi) is 8.76. The third-order valence-corrected chi connectivity index (χ3v) is 12.5. The zero-order chi connectivity index (χ0) is 24.2. The summed E-state index contributed by atoms with van der Waals surface area (Å²) in [6, 6.07) is 7.79. The van der Waals surface area contributed by atoms with Crippen LogP contribution in [0.4, 0.5) is 0 Å². The van der Waals surface area contributed by atoms with E-state index in [2.05, 4.69) is 54.6 Å². The number of hydrogen-bond acceptors (Lipinski definition) is 5. The zero-order valence-corrected chi connectivity index (χ0v) is 22.6. The van der Waals surface area contributed by atoms with Crippen LogP contribution < -0.4 is 4.74 Å². The molecule has 0 unspecified atom stereocenters. The first-order valence-corrected chi connectivity index (χ1v) is 14.6. The van der Waals surface area contributed by atoms with E-state index in [-0.39, 0.29) is 34.9 Å². The molecule has 0 spiro atoms. The van der Waals surface area contributed by atoms with E-state index in [1.165, 1.54) is 0 Å². The molecule has 1 aliphatic carbocycles. The molecular formula is C26H44O5Si. The number of rotatable bonds is 11. The topological polar surface area (TPSA) is 54.0 Å². The van der Waals surface area contributed by atoms with Gasteiger partial charge in [0.2, 0.25) is 0 Å². The van der Waals surface area contributed by atoms with Crippen molar-refractivity contribution in [3.8, 4) is 5.75 Å². The highest BCUT2D eigenvalue weighted by molar-refractivity contribution is 6.74. The van der Waals surface area contributed by atoms with Crippen molar-refractivity contribution in [2.75, 3.05) is 13.9 Å². The van der Waals surface area contributed by atoms with Crippen LogP contribution in [0.2, 0.25) is 18.1 Å². The quantitative estimate of drug-likeness (QED) is 0.165. The fourth-order valence-corrected chi connectivity index (χ4v) is 5.83. The van der Waals surface area contributed by atoms with E-state index in [9.17, 15) is 4.79 Å². The van der Waals surface area contributed by atoms with Gasteiger partial charge in [0.05, 0.1) is 19.8 Å². The first kappa shape index (κ1) is 27.0. The normalized spacial score (nSPS) is 24.3. The number of carbonyl (C=O) groups is 1. The maximum absolute atomic E-state index is 11.5. The van der Waals surface area contributed by atoms with Gasteiger partial charge in [0.25, 0.3) is 0 Å². The standard InChI is InChI=1S/C26H44O5Si/c1-24(2,3)32(8,9)31-22-16-25(4,5)26(6,17-22)23(14-15-27)30-19-29-18-20-10-12-21(28-7)13-11-20/h10-13,15,22-23H,14,16-19H2,1-9H3/t22-,23-,26-/m0/s1. The Labute approximate surface area is 196 Å². The molecule has 1 fully saturated rings. The molecule has 182 valence electrons. The summed E-state index contributed by atoms with van der Waals surface area (Å²) < 4.78 is 24.0. The van der Waals surface area contributed by atoms with Crippen molar-refractivity contribution in [1.29, 1.82) is 0 Å². The van der Waals surface area contributed by atoms with Crippen LogP contribution in [0.15, 0.2) is 24.3 Å². The molecule has 5 nitrogen and oxygen atoms in total. The number of benzene rings is 1.